The van der Waals surface area contributed by atoms with Crippen LogP contribution in [0.4, 0.5) is 0 Å². The van der Waals surface area contributed by atoms with Gasteiger partial charge in [-0.1, -0.05) is 5.16 Å². The Labute approximate surface area is 156 Å². The largest absolute Gasteiger partial charge is 0.467 e. The van der Waals surface area contributed by atoms with Crippen molar-refractivity contribution in [1.29, 1.82) is 0 Å². The molecule has 8 heteroatoms. The molecule has 4 rings (SSSR count). The van der Waals surface area contributed by atoms with Gasteiger partial charge in [-0.2, -0.15) is 0 Å². The topological polar surface area (TPSA) is 107 Å². The van der Waals surface area contributed by atoms with Crippen molar-refractivity contribution in [2.24, 2.45) is 5.92 Å². The van der Waals surface area contributed by atoms with E-state index in [-0.39, 0.29) is 30.3 Å². The molecule has 2 aromatic rings. The number of carbonyl (C=O) groups excluding carboxylic acids is 2. The van der Waals surface area contributed by atoms with Crippen molar-refractivity contribution < 1.29 is 23.3 Å². The molecule has 2 aromatic heterocycles. The summed E-state index contributed by atoms with van der Waals surface area (Å²) in [5.41, 5.74) is 1.08. The molecule has 0 bridgehead atoms. The molecule has 1 saturated heterocycles. The van der Waals surface area contributed by atoms with Crippen molar-refractivity contribution in [2.45, 2.75) is 44.7 Å². The van der Waals surface area contributed by atoms with Gasteiger partial charge in [0.25, 0.3) is 5.91 Å². The first-order chi connectivity index (χ1) is 13.2. The summed E-state index contributed by atoms with van der Waals surface area (Å²) in [6.45, 7) is 1.56. The van der Waals surface area contributed by atoms with E-state index in [0.717, 1.165) is 30.6 Å². The minimum Gasteiger partial charge on any atom is -0.467 e. The lowest BCUT2D eigenvalue weighted by molar-refractivity contribution is -0.128. The van der Waals surface area contributed by atoms with Crippen molar-refractivity contribution in [3.63, 3.8) is 0 Å². The van der Waals surface area contributed by atoms with Crippen molar-refractivity contribution in [2.75, 3.05) is 13.2 Å². The number of ether oxygens (including phenoxy) is 1. The quantitative estimate of drug-likeness (QED) is 0.824. The highest BCUT2D eigenvalue weighted by Gasteiger charge is 2.31. The number of nitrogens with zero attached hydrogens (tertiary/aromatic N) is 1. The molecule has 1 atom stereocenters. The fourth-order valence-electron chi connectivity index (χ4n) is 3.65. The van der Waals surface area contributed by atoms with Crippen LogP contribution in [0, 0.1) is 5.92 Å². The molecule has 2 amide bonds. The highest BCUT2D eigenvalue weighted by molar-refractivity contribution is 5.93. The second-order valence-electron chi connectivity index (χ2n) is 7.03. The number of carbonyl (C=O) groups is 2. The second kappa shape index (κ2) is 7.96. The highest BCUT2D eigenvalue weighted by Crippen LogP contribution is 2.25. The summed E-state index contributed by atoms with van der Waals surface area (Å²) < 4.78 is 15.9. The number of nitrogens with one attached hydrogen (secondary N) is 2. The Morgan fingerprint density at radius 2 is 2.07 bits per heavy atom. The lowest BCUT2D eigenvalue weighted by Crippen LogP contribution is -2.43. The number of hydrogen-bond donors (Lipinski definition) is 2. The summed E-state index contributed by atoms with van der Waals surface area (Å²) in [7, 11) is 0. The first-order valence-corrected chi connectivity index (χ1v) is 9.37. The molecule has 0 saturated carbocycles. The molecule has 1 aliphatic carbocycles. The van der Waals surface area contributed by atoms with Gasteiger partial charge in [0.2, 0.25) is 5.91 Å². The van der Waals surface area contributed by atoms with Crippen molar-refractivity contribution in [1.82, 2.24) is 15.8 Å². The molecule has 0 spiro atoms. The van der Waals surface area contributed by atoms with Crippen LogP contribution in [0.25, 0.3) is 0 Å². The van der Waals surface area contributed by atoms with Crippen molar-refractivity contribution in [3.05, 3.63) is 41.2 Å². The highest BCUT2D eigenvalue weighted by atomic mass is 16.5. The van der Waals surface area contributed by atoms with Crippen LogP contribution in [0.3, 0.4) is 0 Å². The normalized spacial score (nSPS) is 20.1. The molecule has 1 unspecified atom stereocenters. The minimum absolute atomic E-state index is 0.0103. The summed E-state index contributed by atoms with van der Waals surface area (Å²) in [4.78, 5) is 24.9. The number of furan rings is 1. The second-order valence-corrected chi connectivity index (χ2v) is 7.03. The van der Waals surface area contributed by atoms with E-state index in [4.69, 9.17) is 13.7 Å². The van der Waals surface area contributed by atoms with Gasteiger partial charge in [-0.25, -0.2) is 0 Å². The van der Waals surface area contributed by atoms with E-state index in [1.807, 2.05) is 0 Å². The summed E-state index contributed by atoms with van der Waals surface area (Å²) >= 11 is 0. The monoisotopic (exact) mass is 373 g/mol. The van der Waals surface area contributed by atoms with E-state index < -0.39 is 0 Å². The Kier molecular flexibility index (Phi) is 5.24. The van der Waals surface area contributed by atoms with E-state index >= 15 is 0 Å². The van der Waals surface area contributed by atoms with Crippen LogP contribution in [-0.2, 0) is 28.9 Å². The Morgan fingerprint density at radius 1 is 1.22 bits per heavy atom. The summed E-state index contributed by atoms with van der Waals surface area (Å²) in [5.74, 6) is 1.19. The molecule has 0 radical (unpaired) electrons. The van der Waals surface area contributed by atoms with E-state index in [1.165, 1.54) is 0 Å². The maximum atomic E-state index is 12.5. The van der Waals surface area contributed by atoms with Crippen LogP contribution >= 0.6 is 0 Å². The third kappa shape index (κ3) is 4.05. The lowest BCUT2D eigenvalue weighted by atomic mass is 9.90. The van der Waals surface area contributed by atoms with E-state index in [1.54, 1.807) is 18.4 Å². The average Bonchev–Trinajstić information content (AvgIpc) is 3.36. The third-order valence-corrected chi connectivity index (χ3v) is 5.20. The van der Waals surface area contributed by atoms with Crippen LogP contribution in [0.5, 0.6) is 0 Å². The molecule has 8 nitrogen and oxygen atoms in total. The lowest BCUT2D eigenvalue weighted by Gasteiger charge is -2.27. The molecule has 3 heterocycles. The summed E-state index contributed by atoms with van der Waals surface area (Å²) in [6, 6.07) is 3.55. The fraction of sp³-hybridized carbons (Fsp3) is 0.526. The maximum Gasteiger partial charge on any atom is 0.274 e. The summed E-state index contributed by atoms with van der Waals surface area (Å²) in [6.07, 6.45) is 5.08. The van der Waals surface area contributed by atoms with Gasteiger partial charge >= 0.3 is 0 Å². The predicted octanol–water partition coefficient (Wildman–Crippen LogP) is 1.60. The Morgan fingerprint density at radius 3 is 2.85 bits per heavy atom. The zero-order valence-corrected chi connectivity index (χ0v) is 15.0. The molecule has 1 aliphatic heterocycles. The molecule has 27 heavy (non-hydrogen) atoms. The van der Waals surface area contributed by atoms with Gasteiger partial charge in [0.15, 0.2) is 5.69 Å². The van der Waals surface area contributed by atoms with Gasteiger partial charge in [0.1, 0.15) is 11.5 Å². The number of fused-ring (bicyclic) bond motifs is 1. The van der Waals surface area contributed by atoms with Gasteiger partial charge < -0.3 is 24.3 Å². The molecule has 2 N–H and O–H groups in total. The SMILES string of the molecule is O=C(NCc1ccco1)c1noc2c1CC(NC(=O)C1CCOCC1)CC2. The Bertz CT molecular complexity index is 792. The Hall–Kier alpha value is -2.61. The van der Waals surface area contributed by atoms with Gasteiger partial charge in [-0.3, -0.25) is 9.59 Å². The smallest absolute Gasteiger partial charge is 0.274 e. The minimum atomic E-state index is -0.298. The zero-order valence-electron chi connectivity index (χ0n) is 15.0. The van der Waals surface area contributed by atoms with Crippen LogP contribution < -0.4 is 10.6 Å². The fourth-order valence-corrected chi connectivity index (χ4v) is 3.65. The number of amides is 2. The summed E-state index contributed by atoms with van der Waals surface area (Å²) in [5, 5.41) is 9.87. The molecular formula is C19H23N3O5. The van der Waals surface area contributed by atoms with Gasteiger partial charge in [-0.05, 0) is 37.8 Å². The predicted molar refractivity (Wildman–Crippen MR) is 93.9 cm³/mol. The molecule has 1 fully saturated rings. The molecular weight excluding hydrogens is 350 g/mol. The maximum absolute atomic E-state index is 12.5. The number of aryl methyl sites for hydroxylation is 1. The zero-order chi connectivity index (χ0) is 18.6. The standard InChI is InChI=1S/C19H23N3O5/c23-18(12-5-8-25-9-6-12)21-13-3-4-16-15(10-13)17(22-27-16)19(24)20-11-14-2-1-7-26-14/h1-2,7,12-13H,3-6,8-11H2,(H,20,24)(H,21,23). The molecule has 0 aromatic carbocycles. The molecule has 144 valence electrons. The number of rotatable bonds is 5. The first kappa shape index (κ1) is 17.8. The Balaban J connectivity index is 1.37. The van der Waals surface area contributed by atoms with Crippen molar-refractivity contribution in [3.8, 4) is 0 Å². The average molecular weight is 373 g/mol. The van der Waals surface area contributed by atoms with Gasteiger partial charge in [0.05, 0.1) is 12.8 Å². The first-order valence-electron chi connectivity index (χ1n) is 9.37. The van der Waals surface area contributed by atoms with Crippen LogP contribution in [0.15, 0.2) is 27.3 Å². The number of aromatic nitrogens is 1. The van der Waals surface area contributed by atoms with Gasteiger partial charge in [-0.15, -0.1) is 0 Å². The number of hydrogen-bond acceptors (Lipinski definition) is 6. The van der Waals surface area contributed by atoms with E-state index in [9.17, 15) is 9.59 Å². The van der Waals surface area contributed by atoms with Crippen LogP contribution in [-0.4, -0.2) is 36.2 Å². The van der Waals surface area contributed by atoms with Gasteiger partial charge in [0, 0.05) is 37.2 Å². The molecule has 2 aliphatic rings. The van der Waals surface area contributed by atoms with E-state index in [2.05, 4.69) is 15.8 Å². The van der Waals surface area contributed by atoms with Crippen LogP contribution in [0.2, 0.25) is 0 Å². The van der Waals surface area contributed by atoms with Crippen molar-refractivity contribution >= 4 is 11.8 Å². The third-order valence-electron chi connectivity index (χ3n) is 5.20. The van der Waals surface area contributed by atoms with Crippen LogP contribution in [0.1, 0.15) is 46.8 Å². The van der Waals surface area contributed by atoms with E-state index in [0.29, 0.717) is 37.5 Å².